The first-order valence-corrected chi connectivity index (χ1v) is 11.3. The second-order valence-corrected chi connectivity index (χ2v) is 10.8. The summed E-state index contributed by atoms with van der Waals surface area (Å²) in [5.41, 5.74) is 0.892. The molecular weight excluding hydrogens is 332 g/mol. The fourth-order valence-corrected chi connectivity index (χ4v) is 8.44. The van der Waals surface area contributed by atoms with Gasteiger partial charge in [0.1, 0.15) is 0 Å². The van der Waals surface area contributed by atoms with E-state index in [9.17, 15) is 10.2 Å². The van der Waals surface area contributed by atoms with Gasteiger partial charge < -0.3 is 10.2 Å². The molecule has 0 unspecified atom stereocenters. The van der Waals surface area contributed by atoms with Crippen molar-refractivity contribution in [2.45, 2.75) is 83.3 Å². The summed E-state index contributed by atoms with van der Waals surface area (Å²) in [6.45, 7) is 4.94. The summed E-state index contributed by atoms with van der Waals surface area (Å²) in [4.78, 5) is 0. The van der Waals surface area contributed by atoms with Gasteiger partial charge in [0.25, 0.3) is 0 Å². The molecule has 4 fully saturated rings. The van der Waals surface area contributed by atoms with Crippen LogP contribution in [0.25, 0.3) is 0 Å². The van der Waals surface area contributed by atoms with E-state index in [0.29, 0.717) is 17.3 Å². The van der Waals surface area contributed by atoms with Gasteiger partial charge in [-0.2, -0.15) is 0 Å². The smallest absolute Gasteiger partial charge is 0.0952 e. The molecule has 0 aliphatic heterocycles. The van der Waals surface area contributed by atoms with Crippen LogP contribution in [0.1, 0.15) is 77.2 Å². The molecule has 5 rings (SSSR count). The molecule has 4 aliphatic carbocycles. The van der Waals surface area contributed by atoms with Gasteiger partial charge in [-0.05, 0) is 92.4 Å². The topological polar surface area (TPSA) is 40.5 Å². The molecule has 4 saturated carbocycles. The number of rotatable bonds is 1. The van der Waals surface area contributed by atoms with Crippen LogP contribution in [0, 0.1) is 34.5 Å². The van der Waals surface area contributed by atoms with Gasteiger partial charge in [0, 0.05) is 5.41 Å². The maximum Gasteiger partial charge on any atom is 0.0952 e. The van der Waals surface area contributed by atoms with E-state index in [1.165, 1.54) is 32.1 Å². The molecule has 0 amide bonds. The van der Waals surface area contributed by atoms with Gasteiger partial charge >= 0.3 is 0 Å². The number of aliphatic hydroxyl groups excluding tert-OH is 1. The summed E-state index contributed by atoms with van der Waals surface area (Å²) in [5.74, 6) is 2.91. The molecule has 2 nitrogen and oxygen atoms in total. The van der Waals surface area contributed by atoms with Crippen LogP contribution in [-0.4, -0.2) is 16.3 Å². The lowest BCUT2D eigenvalue weighted by molar-refractivity contribution is -0.161. The summed E-state index contributed by atoms with van der Waals surface area (Å²) in [6, 6.07) is 10.5. The fraction of sp³-hybridized carbons (Fsp3) is 0.760. The normalized spacial score (nSPS) is 51.9. The van der Waals surface area contributed by atoms with E-state index >= 15 is 0 Å². The zero-order valence-electron chi connectivity index (χ0n) is 17.0. The van der Waals surface area contributed by atoms with Gasteiger partial charge in [0.15, 0.2) is 0 Å². The summed E-state index contributed by atoms with van der Waals surface area (Å²) in [5, 5.41) is 22.1. The van der Waals surface area contributed by atoms with E-state index in [2.05, 4.69) is 44.2 Å². The average Bonchev–Trinajstić information content (AvgIpc) is 2.95. The van der Waals surface area contributed by atoms with E-state index < -0.39 is 5.60 Å². The quantitative estimate of drug-likeness (QED) is 0.708. The first kappa shape index (κ1) is 18.2. The molecule has 2 heteroatoms. The van der Waals surface area contributed by atoms with Gasteiger partial charge in [0.2, 0.25) is 0 Å². The second kappa shape index (κ2) is 6.07. The van der Waals surface area contributed by atoms with Crippen molar-refractivity contribution in [2.24, 2.45) is 34.5 Å². The zero-order chi connectivity index (χ0) is 18.9. The summed E-state index contributed by atoms with van der Waals surface area (Å²) >= 11 is 0. The molecule has 0 radical (unpaired) electrons. The Morgan fingerprint density at radius 3 is 2.37 bits per heavy atom. The lowest BCUT2D eigenvalue weighted by Gasteiger charge is -2.61. The molecule has 27 heavy (non-hydrogen) atoms. The van der Waals surface area contributed by atoms with Gasteiger partial charge in [-0.25, -0.2) is 0 Å². The van der Waals surface area contributed by atoms with Crippen LogP contribution >= 0.6 is 0 Å². The van der Waals surface area contributed by atoms with Gasteiger partial charge in [-0.3, -0.25) is 0 Å². The summed E-state index contributed by atoms with van der Waals surface area (Å²) < 4.78 is 0. The minimum Gasteiger partial charge on any atom is -0.393 e. The van der Waals surface area contributed by atoms with Crippen LogP contribution < -0.4 is 0 Å². The Balaban J connectivity index is 1.47. The molecular formula is C25H36O2. The van der Waals surface area contributed by atoms with Gasteiger partial charge in [-0.15, -0.1) is 0 Å². The molecule has 0 heterocycles. The second-order valence-electron chi connectivity index (χ2n) is 10.8. The van der Waals surface area contributed by atoms with E-state index in [1.54, 1.807) is 0 Å². The van der Waals surface area contributed by atoms with Crippen LogP contribution in [0.4, 0.5) is 0 Å². The van der Waals surface area contributed by atoms with Crippen LogP contribution in [0.5, 0.6) is 0 Å². The molecule has 148 valence electrons. The minimum atomic E-state index is -0.662. The molecule has 4 aliphatic rings. The van der Waals surface area contributed by atoms with Crippen molar-refractivity contribution in [1.82, 2.24) is 0 Å². The predicted molar refractivity (Wildman–Crippen MR) is 108 cm³/mol. The average molecular weight is 369 g/mol. The monoisotopic (exact) mass is 368 g/mol. The van der Waals surface area contributed by atoms with Gasteiger partial charge in [-0.1, -0.05) is 44.2 Å². The Morgan fingerprint density at radius 2 is 1.59 bits per heavy atom. The number of hydrogen-bond acceptors (Lipinski definition) is 2. The third-order valence-corrected chi connectivity index (χ3v) is 10.0. The number of hydrogen-bond donors (Lipinski definition) is 2. The molecule has 0 bridgehead atoms. The highest BCUT2D eigenvalue weighted by Gasteiger charge is 2.64. The van der Waals surface area contributed by atoms with Crippen molar-refractivity contribution >= 4 is 0 Å². The largest absolute Gasteiger partial charge is 0.393 e. The third kappa shape index (κ3) is 2.38. The lowest BCUT2D eigenvalue weighted by atomic mass is 9.44. The molecule has 1 aromatic rings. The zero-order valence-corrected chi connectivity index (χ0v) is 17.0. The first-order valence-electron chi connectivity index (χ1n) is 11.3. The van der Waals surface area contributed by atoms with Crippen LogP contribution in [0.2, 0.25) is 0 Å². The van der Waals surface area contributed by atoms with Crippen LogP contribution in [0.15, 0.2) is 30.3 Å². The van der Waals surface area contributed by atoms with Crippen molar-refractivity contribution in [3.63, 3.8) is 0 Å². The third-order valence-electron chi connectivity index (χ3n) is 10.0. The SMILES string of the molecule is C[C@]12CC[C@@H](O)C[C@@H]1CC[C@@H]1[C@@H]2CC[C@@]2(C)[C@H]1CC[C@@]2(O)c1ccccc1. The maximum absolute atomic E-state index is 11.9. The first-order chi connectivity index (χ1) is 12.9. The minimum absolute atomic E-state index is 0.00684. The van der Waals surface area contributed by atoms with Crippen molar-refractivity contribution in [3.05, 3.63) is 35.9 Å². The van der Waals surface area contributed by atoms with E-state index in [0.717, 1.165) is 43.1 Å². The Kier molecular flexibility index (Phi) is 4.09. The molecule has 1 aromatic carbocycles. The Morgan fingerprint density at radius 1 is 0.852 bits per heavy atom. The van der Waals surface area contributed by atoms with Crippen LogP contribution in [-0.2, 0) is 5.60 Å². The van der Waals surface area contributed by atoms with Crippen molar-refractivity contribution in [3.8, 4) is 0 Å². The van der Waals surface area contributed by atoms with E-state index in [-0.39, 0.29) is 11.5 Å². The molecule has 0 aromatic heterocycles. The highest BCUT2D eigenvalue weighted by atomic mass is 16.3. The molecule has 0 saturated heterocycles. The standard InChI is InChI=1S/C25H36O2/c1-23-13-10-19(26)16-18(23)8-9-20-21(23)11-14-24(2)22(20)12-15-25(24,27)17-6-4-3-5-7-17/h3-7,18-22,26-27H,8-16H2,1-2H3/t18-,19+,20+,21-,22-,23-,24-,25+/m0/s1. The maximum atomic E-state index is 11.9. The molecule has 8 atom stereocenters. The Labute approximate surface area is 164 Å². The number of benzene rings is 1. The van der Waals surface area contributed by atoms with E-state index in [4.69, 9.17) is 0 Å². The van der Waals surface area contributed by atoms with Gasteiger partial charge in [0.05, 0.1) is 11.7 Å². The molecule has 0 spiro atoms. The predicted octanol–water partition coefficient (Wildman–Crippen LogP) is 5.28. The fourth-order valence-electron chi connectivity index (χ4n) is 8.44. The summed E-state index contributed by atoms with van der Waals surface area (Å²) in [6.07, 6.45) is 10.2. The number of aliphatic hydroxyl groups is 2. The highest BCUT2D eigenvalue weighted by molar-refractivity contribution is 5.29. The van der Waals surface area contributed by atoms with E-state index in [1.807, 2.05) is 0 Å². The lowest BCUT2D eigenvalue weighted by Crippen LogP contribution is -2.56. The summed E-state index contributed by atoms with van der Waals surface area (Å²) in [7, 11) is 0. The highest BCUT2D eigenvalue weighted by Crippen LogP contribution is 2.70. The Hall–Kier alpha value is -0.860. The van der Waals surface area contributed by atoms with Crippen LogP contribution in [0.3, 0.4) is 0 Å². The number of fused-ring (bicyclic) bond motifs is 5. The van der Waals surface area contributed by atoms with Crippen molar-refractivity contribution < 1.29 is 10.2 Å². The van der Waals surface area contributed by atoms with Crippen molar-refractivity contribution in [2.75, 3.05) is 0 Å². The van der Waals surface area contributed by atoms with Crippen molar-refractivity contribution in [1.29, 1.82) is 0 Å². The molecule has 2 N–H and O–H groups in total. The Bertz CT molecular complexity index is 702.